The van der Waals surface area contributed by atoms with E-state index in [1.54, 1.807) is 0 Å². The van der Waals surface area contributed by atoms with Gasteiger partial charge in [0.2, 0.25) is 10.0 Å². The van der Waals surface area contributed by atoms with Crippen LogP contribution in [0.2, 0.25) is 0 Å². The summed E-state index contributed by atoms with van der Waals surface area (Å²) in [5.74, 6) is -1.87. The van der Waals surface area contributed by atoms with Gasteiger partial charge < -0.3 is 19.9 Å². The van der Waals surface area contributed by atoms with Gasteiger partial charge in [0.25, 0.3) is 5.91 Å². The van der Waals surface area contributed by atoms with Gasteiger partial charge in [0.1, 0.15) is 5.56 Å². The van der Waals surface area contributed by atoms with Crippen molar-refractivity contribution >= 4 is 27.6 Å². The molecule has 0 spiro atoms. The number of carbonyl (C=O) groups excluding carboxylic acids is 2. The lowest BCUT2D eigenvalue weighted by Gasteiger charge is -2.11. The van der Waals surface area contributed by atoms with E-state index in [-0.39, 0.29) is 34.9 Å². The number of hydrogen-bond donors (Lipinski definition) is 3. The number of rotatable bonds is 8. The lowest BCUT2D eigenvalue weighted by atomic mass is 10.1. The SMILES string of the molecule is COCCNS(=O)(=O)c1cccc(C(=O)Nc2cccc(C(=O)OC)c2O)c1. The Kier molecular flexibility index (Phi) is 7.10. The Labute approximate surface area is 162 Å². The van der Waals surface area contributed by atoms with Crippen LogP contribution in [-0.2, 0) is 19.5 Å². The number of phenolic OH excluding ortho intramolecular Hbond substituents is 1. The Bertz CT molecular complexity index is 974. The second-order valence-corrected chi connectivity index (χ2v) is 7.33. The van der Waals surface area contributed by atoms with Gasteiger partial charge in [0.05, 0.1) is 24.3 Å². The number of ether oxygens (including phenoxy) is 2. The molecule has 1 amide bonds. The molecule has 9 nitrogen and oxygen atoms in total. The lowest BCUT2D eigenvalue weighted by molar-refractivity contribution is 0.0597. The number of esters is 1. The second kappa shape index (κ2) is 9.31. The fraction of sp³-hybridized carbons (Fsp3) is 0.222. The largest absolute Gasteiger partial charge is 0.505 e. The second-order valence-electron chi connectivity index (χ2n) is 5.57. The van der Waals surface area contributed by atoms with E-state index in [2.05, 4.69) is 14.8 Å². The van der Waals surface area contributed by atoms with Gasteiger partial charge in [0.15, 0.2) is 5.75 Å². The lowest BCUT2D eigenvalue weighted by Crippen LogP contribution is -2.27. The quantitative estimate of drug-likeness (QED) is 0.341. The summed E-state index contributed by atoms with van der Waals surface area (Å²) in [6.07, 6.45) is 0. The van der Waals surface area contributed by atoms with Crippen LogP contribution in [0.3, 0.4) is 0 Å². The number of sulfonamides is 1. The van der Waals surface area contributed by atoms with Crippen molar-refractivity contribution in [2.24, 2.45) is 0 Å². The molecule has 0 aliphatic heterocycles. The summed E-state index contributed by atoms with van der Waals surface area (Å²) in [4.78, 5) is 24.0. The third kappa shape index (κ3) is 5.06. The zero-order valence-electron chi connectivity index (χ0n) is 15.3. The Balaban J connectivity index is 2.24. The first-order valence-corrected chi connectivity index (χ1v) is 9.58. The molecule has 0 saturated heterocycles. The highest BCUT2D eigenvalue weighted by atomic mass is 32.2. The standard InChI is InChI=1S/C18H20N2O7S/c1-26-10-9-19-28(24,25)13-6-3-5-12(11-13)17(22)20-15-8-4-7-14(16(15)21)18(23)27-2/h3-8,11,19,21H,9-10H2,1-2H3,(H,20,22). The Morgan fingerprint density at radius 3 is 2.50 bits per heavy atom. The predicted octanol–water partition coefficient (Wildman–Crippen LogP) is 1.36. The molecule has 28 heavy (non-hydrogen) atoms. The fourth-order valence-corrected chi connectivity index (χ4v) is 3.34. The van der Waals surface area contributed by atoms with Gasteiger partial charge in [-0.05, 0) is 30.3 Å². The number of benzene rings is 2. The molecule has 10 heteroatoms. The molecule has 0 radical (unpaired) electrons. The van der Waals surface area contributed by atoms with E-state index >= 15 is 0 Å². The molecule has 150 valence electrons. The van der Waals surface area contributed by atoms with Crippen LogP contribution in [-0.4, -0.2) is 52.8 Å². The molecule has 0 unspecified atom stereocenters. The zero-order valence-corrected chi connectivity index (χ0v) is 16.1. The normalized spacial score (nSPS) is 11.1. The van der Waals surface area contributed by atoms with Crippen LogP contribution in [0.25, 0.3) is 0 Å². The molecular formula is C18H20N2O7S. The minimum absolute atomic E-state index is 0.0145. The minimum Gasteiger partial charge on any atom is -0.505 e. The molecule has 2 rings (SSSR count). The van der Waals surface area contributed by atoms with Crippen molar-refractivity contribution in [2.45, 2.75) is 4.90 Å². The number of hydrogen-bond acceptors (Lipinski definition) is 7. The van der Waals surface area contributed by atoms with E-state index in [9.17, 15) is 23.1 Å². The van der Waals surface area contributed by atoms with E-state index < -0.39 is 27.6 Å². The first-order chi connectivity index (χ1) is 13.3. The minimum atomic E-state index is -3.81. The van der Waals surface area contributed by atoms with E-state index in [1.807, 2.05) is 0 Å². The first-order valence-electron chi connectivity index (χ1n) is 8.10. The molecule has 0 heterocycles. The highest BCUT2D eigenvalue weighted by Crippen LogP contribution is 2.28. The molecular weight excluding hydrogens is 388 g/mol. The summed E-state index contributed by atoms with van der Waals surface area (Å²) in [6, 6.07) is 9.59. The van der Waals surface area contributed by atoms with Crippen molar-refractivity contribution in [1.82, 2.24) is 4.72 Å². The van der Waals surface area contributed by atoms with Gasteiger partial charge in [-0.2, -0.15) is 0 Å². The average molecular weight is 408 g/mol. The number of nitrogens with one attached hydrogen (secondary N) is 2. The number of amides is 1. The highest BCUT2D eigenvalue weighted by Gasteiger charge is 2.19. The van der Waals surface area contributed by atoms with E-state index in [0.29, 0.717) is 0 Å². The molecule has 0 bridgehead atoms. The average Bonchev–Trinajstić information content (AvgIpc) is 2.69. The summed E-state index contributed by atoms with van der Waals surface area (Å²) < 4.78 is 36.2. The number of anilines is 1. The van der Waals surface area contributed by atoms with E-state index in [1.165, 1.54) is 56.7 Å². The van der Waals surface area contributed by atoms with Crippen LogP contribution in [0.4, 0.5) is 5.69 Å². The van der Waals surface area contributed by atoms with Gasteiger partial charge in [-0.15, -0.1) is 0 Å². The summed E-state index contributed by atoms with van der Waals surface area (Å²) in [6.45, 7) is 0.290. The summed E-state index contributed by atoms with van der Waals surface area (Å²) in [7, 11) is -1.20. The molecule has 2 aromatic rings. The fourth-order valence-electron chi connectivity index (χ4n) is 2.28. The number of para-hydroxylation sites is 1. The van der Waals surface area contributed by atoms with Crippen molar-refractivity contribution in [3.8, 4) is 5.75 Å². The van der Waals surface area contributed by atoms with Crippen LogP contribution in [0.15, 0.2) is 47.4 Å². The molecule has 0 saturated carbocycles. The highest BCUT2D eigenvalue weighted by molar-refractivity contribution is 7.89. The Morgan fingerprint density at radius 2 is 1.82 bits per heavy atom. The van der Waals surface area contributed by atoms with Crippen molar-refractivity contribution in [2.75, 3.05) is 32.7 Å². The third-order valence-electron chi connectivity index (χ3n) is 3.69. The first kappa shape index (κ1) is 21.4. The maximum atomic E-state index is 12.5. The number of methoxy groups -OCH3 is 2. The van der Waals surface area contributed by atoms with Gasteiger partial charge in [-0.3, -0.25) is 4.79 Å². The number of carbonyl (C=O) groups is 2. The van der Waals surface area contributed by atoms with Crippen LogP contribution in [0.1, 0.15) is 20.7 Å². The summed E-state index contributed by atoms with van der Waals surface area (Å²) in [5.41, 5.74) is -0.0733. The smallest absolute Gasteiger partial charge is 0.341 e. The maximum Gasteiger partial charge on any atom is 0.341 e. The number of aromatic hydroxyl groups is 1. The van der Waals surface area contributed by atoms with Crippen molar-refractivity contribution in [3.05, 3.63) is 53.6 Å². The molecule has 0 aliphatic carbocycles. The van der Waals surface area contributed by atoms with Gasteiger partial charge in [-0.25, -0.2) is 17.9 Å². The van der Waals surface area contributed by atoms with Gasteiger partial charge >= 0.3 is 5.97 Å². The molecule has 0 aromatic heterocycles. The Morgan fingerprint density at radius 1 is 1.11 bits per heavy atom. The topological polar surface area (TPSA) is 131 Å². The van der Waals surface area contributed by atoms with E-state index in [4.69, 9.17) is 4.74 Å². The molecule has 3 N–H and O–H groups in total. The van der Waals surface area contributed by atoms with Crippen molar-refractivity contribution in [1.29, 1.82) is 0 Å². The van der Waals surface area contributed by atoms with Crippen LogP contribution in [0, 0.1) is 0 Å². The van der Waals surface area contributed by atoms with Gasteiger partial charge in [-0.1, -0.05) is 12.1 Å². The Hall–Kier alpha value is -2.95. The van der Waals surface area contributed by atoms with Crippen LogP contribution < -0.4 is 10.0 Å². The van der Waals surface area contributed by atoms with Crippen molar-refractivity contribution < 1.29 is 32.6 Å². The summed E-state index contributed by atoms with van der Waals surface area (Å²) >= 11 is 0. The number of phenols is 1. The molecule has 2 aromatic carbocycles. The van der Waals surface area contributed by atoms with E-state index in [0.717, 1.165) is 0 Å². The molecule has 0 atom stereocenters. The predicted molar refractivity (Wildman–Crippen MR) is 101 cm³/mol. The van der Waals surface area contributed by atoms with Gasteiger partial charge in [0, 0.05) is 19.2 Å². The third-order valence-corrected chi connectivity index (χ3v) is 5.15. The van der Waals surface area contributed by atoms with Crippen LogP contribution in [0.5, 0.6) is 5.75 Å². The van der Waals surface area contributed by atoms with Crippen molar-refractivity contribution in [3.63, 3.8) is 0 Å². The maximum absolute atomic E-state index is 12.5. The zero-order chi connectivity index (χ0) is 20.7. The molecule has 0 aliphatic rings. The molecule has 0 fully saturated rings. The summed E-state index contributed by atoms with van der Waals surface area (Å²) in [5, 5.41) is 12.6. The van der Waals surface area contributed by atoms with Crippen LogP contribution >= 0.6 is 0 Å². The monoisotopic (exact) mass is 408 g/mol.